The minimum atomic E-state index is -1.04. The van der Waals surface area contributed by atoms with Crippen LogP contribution in [0.4, 0.5) is 5.69 Å². The molecule has 2 aliphatic rings. The molecule has 4 rings (SSSR count). The van der Waals surface area contributed by atoms with Gasteiger partial charge in [0.05, 0.1) is 37.2 Å². The van der Waals surface area contributed by atoms with Gasteiger partial charge in [-0.3, -0.25) is 14.4 Å². The van der Waals surface area contributed by atoms with Crippen LogP contribution in [0.1, 0.15) is 22.8 Å². The summed E-state index contributed by atoms with van der Waals surface area (Å²) in [6.07, 6.45) is 0. The van der Waals surface area contributed by atoms with Crippen molar-refractivity contribution in [3.05, 3.63) is 53.6 Å². The van der Waals surface area contributed by atoms with Crippen molar-refractivity contribution in [2.45, 2.75) is 13.5 Å². The number of amides is 2. The summed E-state index contributed by atoms with van der Waals surface area (Å²) in [7, 11) is 3.07. The van der Waals surface area contributed by atoms with Gasteiger partial charge < -0.3 is 20.1 Å². The number of fused-ring (bicyclic) bond motifs is 2. The Balaban J connectivity index is 1.55. The van der Waals surface area contributed by atoms with E-state index in [-0.39, 0.29) is 24.1 Å². The van der Waals surface area contributed by atoms with Crippen molar-refractivity contribution in [3.63, 3.8) is 0 Å². The number of hydrogen-bond acceptors (Lipinski definition) is 5. The van der Waals surface area contributed by atoms with Crippen molar-refractivity contribution in [2.75, 3.05) is 19.5 Å². The van der Waals surface area contributed by atoms with E-state index >= 15 is 0 Å². The standard InChI is InChI=1S/C22H22N2O5/c1-22-16(17(22)21(27)24-14-9-5-4-8-13(14)19(22)25)20(26)23-11-12-7-6-10-15(28-2)18(12)29-3/h4-10,16-17H,11H2,1-3H3,(H,23,26)(H,24,27)/t16-,17-,22+/m0/s1. The lowest BCUT2D eigenvalue weighted by Gasteiger charge is -2.15. The molecule has 2 N–H and O–H groups in total. The molecule has 0 spiro atoms. The Morgan fingerprint density at radius 1 is 1.10 bits per heavy atom. The van der Waals surface area contributed by atoms with E-state index in [0.717, 1.165) is 5.56 Å². The van der Waals surface area contributed by atoms with Gasteiger partial charge in [0, 0.05) is 17.7 Å². The van der Waals surface area contributed by atoms with Crippen LogP contribution in [0.5, 0.6) is 11.5 Å². The fourth-order valence-electron chi connectivity index (χ4n) is 4.32. The van der Waals surface area contributed by atoms with Gasteiger partial charge in [-0.05, 0) is 18.2 Å². The fraction of sp³-hybridized carbons (Fsp3) is 0.318. The molecule has 2 aromatic rings. The first kappa shape index (κ1) is 19.0. The van der Waals surface area contributed by atoms with E-state index in [2.05, 4.69) is 10.6 Å². The van der Waals surface area contributed by atoms with Crippen LogP contribution in [-0.4, -0.2) is 31.8 Å². The molecule has 1 aliphatic carbocycles. The highest BCUT2D eigenvalue weighted by Gasteiger charge is 2.73. The number of carbonyl (C=O) groups excluding carboxylic acids is 3. The van der Waals surface area contributed by atoms with Gasteiger partial charge in [-0.25, -0.2) is 0 Å². The number of Topliss-reactive ketones (excluding diaryl/α,β-unsaturated/α-hetero) is 1. The lowest BCUT2D eigenvalue weighted by Crippen LogP contribution is -2.29. The normalized spacial score (nSPS) is 24.5. The quantitative estimate of drug-likeness (QED) is 0.812. The van der Waals surface area contributed by atoms with Crippen molar-refractivity contribution in [1.82, 2.24) is 5.32 Å². The van der Waals surface area contributed by atoms with Crippen molar-refractivity contribution in [2.24, 2.45) is 17.3 Å². The van der Waals surface area contributed by atoms with Crippen molar-refractivity contribution in [1.29, 1.82) is 0 Å². The van der Waals surface area contributed by atoms with Gasteiger partial charge in [-0.2, -0.15) is 0 Å². The van der Waals surface area contributed by atoms with Crippen LogP contribution in [0.3, 0.4) is 0 Å². The Morgan fingerprint density at radius 3 is 2.59 bits per heavy atom. The SMILES string of the molecule is COc1cccc(CNC(=O)[C@@H]2[C@H]3C(=O)Nc4ccccc4C(=O)[C@]23C)c1OC. The van der Waals surface area contributed by atoms with Gasteiger partial charge in [0.2, 0.25) is 11.8 Å². The first-order chi connectivity index (χ1) is 13.9. The lowest BCUT2D eigenvalue weighted by molar-refractivity contribution is -0.125. The summed E-state index contributed by atoms with van der Waals surface area (Å²) < 4.78 is 10.7. The molecule has 150 valence electrons. The van der Waals surface area contributed by atoms with Gasteiger partial charge in [-0.1, -0.05) is 31.2 Å². The third kappa shape index (κ3) is 2.85. The molecule has 1 fully saturated rings. The molecular weight excluding hydrogens is 372 g/mol. The van der Waals surface area contributed by atoms with Crippen LogP contribution in [0.2, 0.25) is 0 Å². The minimum Gasteiger partial charge on any atom is -0.493 e. The Morgan fingerprint density at radius 2 is 1.86 bits per heavy atom. The van der Waals surface area contributed by atoms with Crippen molar-refractivity contribution in [3.8, 4) is 11.5 Å². The maximum atomic E-state index is 13.1. The van der Waals surface area contributed by atoms with E-state index < -0.39 is 17.3 Å². The van der Waals surface area contributed by atoms with Crippen LogP contribution in [0.15, 0.2) is 42.5 Å². The second-order valence-corrected chi connectivity index (χ2v) is 7.47. The fourth-order valence-corrected chi connectivity index (χ4v) is 4.32. The molecule has 0 aromatic heterocycles. The zero-order chi connectivity index (χ0) is 20.8. The lowest BCUT2D eigenvalue weighted by atomic mass is 9.92. The number of anilines is 1. The van der Waals surface area contributed by atoms with Gasteiger partial charge in [-0.15, -0.1) is 0 Å². The first-order valence-electron chi connectivity index (χ1n) is 9.35. The molecular formula is C22H22N2O5. The largest absolute Gasteiger partial charge is 0.493 e. The molecule has 0 radical (unpaired) electrons. The topological polar surface area (TPSA) is 93.7 Å². The van der Waals surface area contributed by atoms with E-state index in [1.54, 1.807) is 50.4 Å². The third-order valence-corrected chi connectivity index (χ3v) is 5.94. The van der Waals surface area contributed by atoms with Crippen molar-refractivity contribution >= 4 is 23.3 Å². The zero-order valence-electron chi connectivity index (χ0n) is 16.4. The number of carbonyl (C=O) groups is 3. The van der Waals surface area contributed by atoms with Gasteiger partial charge >= 0.3 is 0 Å². The summed E-state index contributed by atoms with van der Waals surface area (Å²) in [6, 6.07) is 12.3. The summed E-state index contributed by atoms with van der Waals surface area (Å²) in [5.41, 5.74) is 0.637. The molecule has 2 amide bonds. The number of ether oxygens (including phenoxy) is 2. The Labute approximate surface area is 168 Å². The van der Waals surface area contributed by atoms with Crippen LogP contribution in [0.25, 0.3) is 0 Å². The summed E-state index contributed by atoms with van der Waals surface area (Å²) >= 11 is 0. The number of rotatable bonds is 5. The molecule has 2 aromatic carbocycles. The third-order valence-electron chi connectivity index (χ3n) is 5.94. The Hall–Kier alpha value is -3.35. The Bertz CT molecular complexity index is 1020. The van der Waals surface area contributed by atoms with Crippen LogP contribution in [-0.2, 0) is 16.1 Å². The summed E-state index contributed by atoms with van der Waals surface area (Å²) in [4.78, 5) is 38.7. The molecule has 1 aliphatic heterocycles. The number of benzene rings is 2. The average Bonchev–Trinajstić information content (AvgIpc) is 3.39. The second kappa shape index (κ2) is 6.92. The number of ketones is 1. The molecule has 1 heterocycles. The average molecular weight is 394 g/mol. The predicted molar refractivity (Wildman–Crippen MR) is 106 cm³/mol. The maximum Gasteiger partial charge on any atom is 0.229 e. The number of para-hydroxylation sites is 2. The minimum absolute atomic E-state index is 0.185. The predicted octanol–water partition coefficient (Wildman–Crippen LogP) is 2.41. The summed E-state index contributed by atoms with van der Waals surface area (Å²) in [6.45, 7) is 1.89. The maximum absolute atomic E-state index is 13.1. The summed E-state index contributed by atoms with van der Waals surface area (Å²) in [5.74, 6) is -1.11. The zero-order valence-corrected chi connectivity index (χ0v) is 16.4. The van der Waals surface area contributed by atoms with Gasteiger partial charge in [0.25, 0.3) is 0 Å². The summed E-state index contributed by atoms with van der Waals surface area (Å²) in [5, 5.41) is 5.63. The second-order valence-electron chi connectivity index (χ2n) is 7.47. The monoisotopic (exact) mass is 394 g/mol. The highest BCUT2D eigenvalue weighted by molar-refractivity contribution is 6.19. The van der Waals surface area contributed by atoms with Crippen LogP contribution < -0.4 is 20.1 Å². The van der Waals surface area contributed by atoms with E-state index in [4.69, 9.17) is 9.47 Å². The number of hydrogen-bond donors (Lipinski definition) is 2. The van der Waals surface area contributed by atoms with E-state index in [0.29, 0.717) is 22.7 Å². The van der Waals surface area contributed by atoms with Gasteiger partial charge in [0.15, 0.2) is 17.3 Å². The number of nitrogens with one attached hydrogen (secondary N) is 2. The highest BCUT2D eigenvalue weighted by Crippen LogP contribution is 2.62. The Kier molecular flexibility index (Phi) is 4.53. The highest BCUT2D eigenvalue weighted by atomic mass is 16.5. The first-order valence-corrected chi connectivity index (χ1v) is 9.35. The molecule has 0 unspecified atom stereocenters. The van der Waals surface area contributed by atoms with E-state index in [9.17, 15) is 14.4 Å². The molecule has 3 atom stereocenters. The van der Waals surface area contributed by atoms with Gasteiger partial charge in [0.1, 0.15) is 0 Å². The van der Waals surface area contributed by atoms with Crippen molar-refractivity contribution < 1.29 is 23.9 Å². The molecule has 1 saturated carbocycles. The molecule has 0 bridgehead atoms. The van der Waals surface area contributed by atoms with Crippen LogP contribution in [0, 0.1) is 17.3 Å². The van der Waals surface area contributed by atoms with E-state index in [1.807, 2.05) is 6.07 Å². The van der Waals surface area contributed by atoms with E-state index in [1.165, 1.54) is 7.11 Å². The number of methoxy groups -OCH3 is 2. The smallest absolute Gasteiger partial charge is 0.229 e. The molecule has 0 saturated heterocycles. The molecule has 7 nitrogen and oxygen atoms in total. The molecule has 7 heteroatoms. The van der Waals surface area contributed by atoms with Crippen LogP contribution >= 0.6 is 0 Å². The molecule has 29 heavy (non-hydrogen) atoms.